The Labute approximate surface area is 156 Å². The van der Waals surface area contributed by atoms with Crippen LogP contribution in [0.3, 0.4) is 0 Å². The fraction of sp³-hybridized carbons (Fsp3) is 0.556. The first-order valence-electron chi connectivity index (χ1n) is 8.81. The van der Waals surface area contributed by atoms with Crippen LogP contribution in [0.25, 0.3) is 0 Å². The quantitative estimate of drug-likeness (QED) is 0.847. The van der Waals surface area contributed by atoms with Crippen molar-refractivity contribution in [3.63, 3.8) is 0 Å². The highest BCUT2D eigenvalue weighted by Gasteiger charge is 2.49. The molecule has 0 unspecified atom stereocenters. The molecule has 2 fully saturated rings. The first kappa shape index (κ1) is 17.7. The number of rotatable bonds is 5. The molecule has 26 heavy (non-hydrogen) atoms. The van der Waals surface area contributed by atoms with Crippen molar-refractivity contribution in [2.45, 2.75) is 31.7 Å². The van der Waals surface area contributed by atoms with Crippen LogP contribution in [-0.2, 0) is 22.6 Å². The minimum absolute atomic E-state index is 0.0202. The zero-order chi connectivity index (χ0) is 18.1. The van der Waals surface area contributed by atoms with Gasteiger partial charge in [0.05, 0.1) is 26.0 Å². The van der Waals surface area contributed by atoms with Crippen molar-refractivity contribution in [2.24, 2.45) is 0 Å². The maximum absolute atomic E-state index is 12.4. The van der Waals surface area contributed by atoms with Crippen LogP contribution < -0.4 is 5.32 Å². The first-order valence-corrected chi connectivity index (χ1v) is 9.69. The van der Waals surface area contributed by atoms with Crippen molar-refractivity contribution in [1.82, 2.24) is 20.1 Å². The van der Waals surface area contributed by atoms with E-state index in [1.807, 2.05) is 26.1 Å². The molecule has 2 aromatic heterocycles. The summed E-state index contributed by atoms with van der Waals surface area (Å²) in [5, 5.41) is 6.16. The number of carbonyl (C=O) groups excluding carboxylic acids is 1. The lowest BCUT2D eigenvalue weighted by Gasteiger charge is -2.54. The molecule has 0 aromatic carbocycles. The summed E-state index contributed by atoms with van der Waals surface area (Å²) < 4.78 is 11.4. The number of nitrogens with zero attached hydrogens (tertiary/aromatic N) is 3. The second-order valence-electron chi connectivity index (χ2n) is 7.25. The van der Waals surface area contributed by atoms with Crippen LogP contribution >= 0.6 is 11.3 Å². The third-order valence-electron chi connectivity index (χ3n) is 4.99. The highest BCUT2D eigenvalue weighted by molar-refractivity contribution is 7.09. The van der Waals surface area contributed by atoms with Gasteiger partial charge in [-0.1, -0.05) is 0 Å². The molecule has 1 atom stereocenters. The third kappa shape index (κ3) is 3.68. The Morgan fingerprint density at radius 3 is 2.96 bits per heavy atom. The summed E-state index contributed by atoms with van der Waals surface area (Å²) in [5.41, 5.74) is 0.927. The van der Waals surface area contributed by atoms with Gasteiger partial charge in [-0.05, 0) is 26.1 Å². The van der Waals surface area contributed by atoms with E-state index >= 15 is 0 Å². The molecule has 4 rings (SSSR count). The van der Waals surface area contributed by atoms with E-state index in [0.717, 1.165) is 42.6 Å². The number of aryl methyl sites for hydroxylation is 1. The minimum Gasteiger partial charge on any atom is -0.467 e. The molecule has 1 amide bonds. The van der Waals surface area contributed by atoms with Crippen LogP contribution in [-0.4, -0.2) is 65.6 Å². The largest absolute Gasteiger partial charge is 0.467 e. The van der Waals surface area contributed by atoms with Gasteiger partial charge in [-0.15, -0.1) is 11.3 Å². The number of carbonyl (C=O) groups is 1. The van der Waals surface area contributed by atoms with E-state index in [0.29, 0.717) is 13.2 Å². The first-order chi connectivity index (χ1) is 12.5. The molecule has 0 saturated carbocycles. The highest BCUT2D eigenvalue weighted by atomic mass is 32.1. The van der Waals surface area contributed by atoms with E-state index in [-0.39, 0.29) is 17.6 Å². The molecule has 2 aliphatic rings. The number of amides is 1. The maximum atomic E-state index is 12.4. The molecule has 2 aromatic rings. The summed E-state index contributed by atoms with van der Waals surface area (Å²) in [6.45, 7) is 6.26. The van der Waals surface area contributed by atoms with Crippen LogP contribution in [0.5, 0.6) is 0 Å². The Morgan fingerprint density at radius 2 is 2.31 bits per heavy atom. The molecule has 7 nitrogen and oxygen atoms in total. The summed E-state index contributed by atoms with van der Waals surface area (Å²) in [4.78, 5) is 21.4. The molecule has 4 heterocycles. The van der Waals surface area contributed by atoms with Gasteiger partial charge < -0.3 is 14.5 Å². The zero-order valence-electron chi connectivity index (χ0n) is 15.1. The van der Waals surface area contributed by atoms with Crippen LogP contribution in [0.2, 0.25) is 0 Å². The van der Waals surface area contributed by atoms with E-state index in [1.54, 1.807) is 17.6 Å². The maximum Gasteiger partial charge on any atom is 0.240 e. The predicted molar refractivity (Wildman–Crippen MR) is 97.8 cm³/mol. The number of likely N-dealkylation sites (tertiary alicyclic amines) is 1. The predicted octanol–water partition coefficient (Wildman–Crippen LogP) is 1.25. The van der Waals surface area contributed by atoms with Crippen molar-refractivity contribution in [1.29, 1.82) is 0 Å². The SMILES string of the molecule is Cc1csc(CN2CC3(C2)CN(C)[C@@H](C(=O)NCc2ccco2)CO3)n1. The highest BCUT2D eigenvalue weighted by Crippen LogP contribution is 2.32. The summed E-state index contributed by atoms with van der Waals surface area (Å²) in [5.74, 6) is 0.731. The molecule has 1 N–H and O–H groups in total. The fourth-order valence-electron chi connectivity index (χ4n) is 3.71. The topological polar surface area (TPSA) is 70.8 Å². The third-order valence-corrected chi connectivity index (χ3v) is 5.94. The van der Waals surface area contributed by atoms with Crippen molar-refractivity contribution in [3.8, 4) is 0 Å². The smallest absolute Gasteiger partial charge is 0.240 e. The molecule has 0 aliphatic carbocycles. The molecule has 8 heteroatoms. The van der Waals surface area contributed by atoms with Gasteiger partial charge in [0, 0.05) is 30.7 Å². The Bertz CT molecular complexity index is 754. The monoisotopic (exact) mass is 376 g/mol. The van der Waals surface area contributed by atoms with Gasteiger partial charge in [0.2, 0.25) is 5.91 Å². The number of morpholine rings is 1. The normalized spacial score (nSPS) is 23.1. The standard InChI is InChI=1S/C18H24N4O3S/c1-13-9-26-16(20-13)7-22-11-18(12-22)10-21(2)15(8-25-18)17(23)19-6-14-4-3-5-24-14/h3-5,9,15H,6-8,10-12H2,1-2H3,(H,19,23)/t15-/m1/s1. The van der Waals surface area contributed by atoms with E-state index in [4.69, 9.17) is 9.15 Å². The average Bonchev–Trinajstić information content (AvgIpc) is 3.23. The Kier molecular flexibility index (Phi) is 4.83. The number of ether oxygens (including phenoxy) is 1. The minimum atomic E-state index is -0.258. The lowest BCUT2D eigenvalue weighted by Crippen LogP contribution is -2.72. The van der Waals surface area contributed by atoms with E-state index in [2.05, 4.69) is 25.5 Å². The lowest BCUT2D eigenvalue weighted by molar-refractivity contribution is -0.198. The Morgan fingerprint density at radius 1 is 1.46 bits per heavy atom. The molecule has 0 bridgehead atoms. The number of likely N-dealkylation sites (N-methyl/N-ethyl adjacent to an activating group) is 1. The second kappa shape index (κ2) is 7.11. The van der Waals surface area contributed by atoms with Gasteiger partial charge in [-0.3, -0.25) is 14.6 Å². The van der Waals surface area contributed by atoms with E-state index in [9.17, 15) is 4.79 Å². The van der Waals surface area contributed by atoms with Gasteiger partial charge in [0.25, 0.3) is 0 Å². The van der Waals surface area contributed by atoms with Crippen molar-refractivity contribution < 1.29 is 13.9 Å². The van der Waals surface area contributed by atoms with Gasteiger partial charge in [0.1, 0.15) is 22.4 Å². The van der Waals surface area contributed by atoms with Crippen LogP contribution in [0.4, 0.5) is 0 Å². The summed E-state index contributed by atoms with van der Waals surface area (Å²) >= 11 is 1.71. The second-order valence-corrected chi connectivity index (χ2v) is 8.19. The van der Waals surface area contributed by atoms with Gasteiger partial charge in [-0.25, -0.2) is 4.98 Å². The zero-order valence-corrected chi connectivity index (χ0v) is 15.9. The van der Waals surface area contributed by atoms with Crippen molar-refractivity contribution in [2.75, 3.05) is 33.3 Å². The number of hydrogen-bond acceptors (Lipinski definition) is 7. The Hall–Kier alpha value is -1.74. The van der Waals surface area contributed by atoms with Gasteiger partial charge >= 0.3 is 0 Å². The number of aromatic nitrogens is 1. The molecular weight excluding hydrogens is 352 g/mol. The molecule has 0 radical (unpaired) electrons. The summed E-state index contributed by atoms with van der Waals surface area (Å²) in [6.07, 6.45) is 1.61. The van der Waals surface area contributed by atoms with Crippen LogP contribution in [0, 0.1) is 6.92 Å². The Balaban J connectivity index is 1.25. The fourth-order valence-corrected chi connectivity index (χ4v) is 4.53. The van der Waals surface area contributed by atoms with Gasteiger partial charge in [-0.2, -0.15) is 0 Å². The van der Waals surface area contributed by atoms with Crippen molar-refractivity contribution >= 4 is 17.2 Å². The molecule has 1 spiro atoms. The summed E-state index contributed by atoms with van der Waals surface area (Å²) in [7, 11) is 1.99. The average molecular weight is 376 g/mol. The number of furan rings is 1. The van der Waals surface area contributed by atoms with E-state index in [1.165, 1.54) is 0 Å². The van der Waals surface area contributed by atoms with Crippen LogP contribution in [0.15, 0.2) is 28.2 Å². The molecule has 2 saturated heterocycles. The van der Waals surface area contributed by atoms with Crippen LogP contribution in [0.1, 0.15) is 16.5 Å². The molecular formula is C18H24N4O3S. The number of nitrogens with one attached hydrogen (secondary N) is 1. The number of thiazole rings is 1. The molecule has 2 aliphatic heterocycles. The molecule has 140 valence electrons. The van der Waals surface area contributed by atoms with Gasteiger partial charge in [0.15, 0.2) is 0 Å². The number of hydrogen-bond donors (Lipinski definition) is 1. The summed E-state index contributed by atoms with van der Waals surface area (Å²) in [6, 6.07) is 3.41. The van der Waals surface area contributed by atoms with Crippen molar-refractivity contribution in [3.05, 3.63) is 40.2 Å². The van der Waals surface area contributed by atoms with E-state index < -0.39 is 0 Å². The lowest BCUT2D eigenvalue weighted by atomic mass is 9.90.